The number of hydrogen-bond acceptors (Lipinski definition) is 4. The number of carbonyl (C=O) groups is 1. The summed E-state index contributed by atoms with van der Waals surface area (Å²) >= 11 is 0. The third kappa shape index (κ3) is 2.66. The van der Waals surface area contributed by atoms with Crippen LogP contribution in [0.15, 0.2) is 30.3 Å². The van der Waals surface area contributed by atoms with Crippen molar-refractivity contribution in [3.63, 3.8) is 0 Å². The van der Waals surface area contributed by atoms with Gasteiger partial charge in [0.05, 0.1) is 19.6 Å². The first kappa shape index (κ1) is 16.1. The van der Waals surface area contributed by atoms with Crippen molar-refractivity contribution in [3.8, 4) is 0 Å². The summed E-state index contributed by atoms with van der Waals surface area (Å²) in [6, 6.07) is 10.6. The highest BCUT2D eigenvalue weighted by molar-refractivity contribution is 5.76. The van der Waals surface area contributed by atoms with Crippen LogP contribution in [0.4, 0.5) is 0 Å². The van der Waals surface area contributed by atoms with E-state index in [4.69, 9.17) is 9.47 Å². The van der Waals surface area contributed by atoms with Gasteiger partial charge in [0.15, 0.2) is 0 Å². The van der Waals surface area contributed by atoms with Gasteiger partial charge in [0.1, 0.15) is 5.60 Å². The maximum absolute atomic E-state index is 12.4. The second-order valence-corrected chi connectivity index (χ2v) is 7.50. The number of nitrogens with zero attached hydrogens (tertiary/aromatic N) is 1. The van der Waals surface area contributed by atoms with E-state index in [2.05, 4.69) is 35.2 Å². The smallest absolute Gasteiger partial charge is 0.307 e. The molecule has 1 saturated carbocycles. The molecule has 1 aliphatic carbocycles. The minimum absolute atomic E-state index is 0.0114. The van der Waals surface area contributed by atoms with Crippen LogP contribution in [0.3, 0.4) is 0 Å². The van der Waals surface area contributed by atoms with Crippen LogP contribution in [-0.2, 0) is 19.7 Å². The Hall–Kier alpha value is -1.39. The Labute approximate surface area is 144 Å². The first-order valence-corrected chi connectivity index (χ1v) is 9.32. The van der Waals surface area contributed by atoms with Crippen LogP contribution < -0.4 is 0 Å². The normalized spacial score (nSPS) is 29.9. The average molecular weight is 329 g/mol. The van der Waals surface area contributed by atoms with Gasteiger partial charge in [0.2, 0.25) is 0 Å². The molecule has 0 radical (unpaired) electrons. The van der Waals surface area contributed by atoms with Gasteiger partial charge in [-0.05, 0) is 44.2 Å². The minimum Gasteiger partial charge on any atom is -0.458 e. The zero-order valence-corrected chi connectivity index (χ0v) is 14.3. The van der Waals surface area contributed by atoms with Crippen molar-refractivity contribution in [1.29, 1.82) is 0 Å². The molecule has 1 aromatic carbocycles. The van der Waals surface area contributed by atoms with Crippen molar-refractivity contribution in [1.82, 2.24) is 4.90 Å². The van der Waals surface area contributed by atoms with Crippen molar-refractivity contribution >= 4 is 5.97 Å². The highest BCUT2D eigenvalue weighted by atomic mass is 16.6. The molecule has 1 aromatic rings. The van der Waals surface area contributed by atoms with E-state index in [0.717, 1.165) is 52.1 Å². The van der Waals surface area contributed by atoms with Gasteiger partial charge in [-0.3, -0.25) is 9.69 Å². The number of rotatable bonds is 4. The second kappa shape index (κ2) is 6.49. The van der Waals surface area contributed by atoms with E-state index in [1.165, 1.54) is 18.4 Å². The summed E-state index contributed by atoms with van der Waals surface area (Å²) in [5.74, 6) is -0.0114. The Morgan fingerprint density at radius 3 is 2.46 bits per heavy atom. The third-order valence-corrected chi connectivity index (χ3v) is 6.32. The highest BCUT2D eigenvalue weighted by Gasteiger charge is 2.61. The summed E-state index contributed by atoms with van der Waals surface area (Å²) in [4.78, 5) is 14.9. The number of hydrogen-bond donors (Lipinski definition) is 0. The molecule has 1 atom stereocenters. The van der Waals surface area contributed by atoms with Crippen molar-refractivity contribution in [2.75, 3.05) is 32.8 Å². The van der Waals surface area contributed by atoms with Crippen molar-refractivity contribution < 1.29 is 14.3 Å². The molecular formula is C20H27NO3. The number of benzene rings is 1. The Morgan fingerprint density at radius 1 is 1.04 bits per heavy atom. The molecule has 2 heterocycles. The van der Waals surface area contributed by atoms with E-state index in [1.807, 2.05) is 0 Å². The molecule has 1 unspecified atom stereocenters. The Bertz CT molecular complexity index is 576. The molecule has 4 nitrogen and oxygen atoms in total. The Morgan fingerprint density at radius 2 is 1.75 bits per heavy atom. The lowest BCUT2D eigenvalue weighted by molar-refractivity contribution is -0.149. The molecule has 24 heavy (non-hydrogen) atoms. The Kier molecular flexibility index (Phi) is 4.35. The van der Waals surface area contributed by atoms with Crippen LogP contribution in [-0.4, -0.2) is 49.3 Å². The molecule has 0 bridgehead atoms. The van der Waals surface area contributed by atoms with Crippen molar-refractivity contribution in [2.24, 2.45) is 0 Å². The lowest BCUT2D eigenvalue weighted by atomic mass is 9.64. The zero-order chi connectivity index (χ0) is 16.5. The molecule has 2 saturated heterocycles. The summed E-state index contributed by atoms with van der Waals surface area (Å²) in [5.41, 5.74) is 0.837. The number of esters is 1. The lowest BCUT2D eigenvalue weighted by Gasteiger charge is -2.43. The summed E-state index contributed by atoms with van der Waals surface area (Å²) in [6.45, 7) is 4.63. The van der Waals surface area contributed by atoms with Crippen molar-refractivity contribution in [3.05, 3.63) is 35.9 Å². The molecule has 3 fully saturated rings. The van der Waals surface area contributed by atoms with E-state index in [1.54, 1.807) is 0 Å². The van der Waals surface area contributed by atoms with Gasteiger partial charge in [0, 0.05) is 18.5 Å². The molecule has 3 aliphatic rings. The molecule has 4 rings (SSSR count). The quantitative estimate of drug-likeness (QED) is 0.796. The van der Waals surface area contributed by atoms with Gasteiger partial charge >= 0.3 is 5.97 Å². The van der Waals surface area contributed by atoms with Gasteiger partial charge in [-0.15, -0.1) is 0 Å². The van der Waals surface area contributed by atoms with Crippen molar-refractivity contribution in [2.45, 2.75) is 49.5 Å². The van der Waals surface area contributed by atoms with Gasteiger partial charge in [-0.2, -0.15) is 0 Å². The summed E-state index contributed by atoms with van der Waals surface area (Å²) in [6.07, 6.45) is 5.87. The van der Waals surface area contributed by atoms with E-state index < -0.39 is 0 Å². The minimum atomic E-state index is -0.280. The SMILES string of the molecule is O=C1CC(CCN2CCOCC2)(c2ccccc2)C2(CCCC2)O1. The monoisotopic (exact) mass is 329 g/mol. The third-order valence-electron chi connectivity index (χ3n) is 6.32. The van der Waals surface area contributed by atoms with E-state index >= 15 is 0 Å². The van der Waals surface area contributed by atoms with E-state index in [0.29, 0.717) is 6.42 Å². The summed E-state index contributed by atoms with van der Waals surface area (Å²) in [5, 5.41) is 0. The Balaban J connectivity index is 1.65. The van der Waals surface area contributed by atoms with Gasteiger partial charge in [0.25, 0.3) is 0 Å². The molecular weight excluding hydrogens is 302 g/mol. The fourth-order valence-electron chi connectivity index (χ4n) is 5.04. The van der Waals surface area contributed by atoms with Crippen LogP contribution in [0, 0.1) is 0 Å². The maximum atomic E-state index is 12.4. The van der Waals surface area contributed by atoms with Gasteiger partial charge in [-0.1, -0.05) is 30.3 Å². The number of ether oxygens (including phenoxy) is 2. The second-order valence-electron chi connectivity index (χ2n) is 7.50. The molecule has 2 aliphatic heterocycles. The zero-order valence-electron chi connectivity index (χ0n) is 14.3. The average Bonchev–Trinajstić information content (AvgIpc) is 3.20. The fourth-order valence-corrected chi connectivity index (χ4v) is 5.04. The largest absolute Gasteiger partial charge is 0.458 e. The summed E-state index contributed by atoms with van der Waals surface area (Å²) in [7, 11) is 0. The van der Waals surface area contributed by atoms with Crippen LogP contribution >= 0.6 is 0 Å². The lowest BCUT2D eigenvalue weighted by Crippen LogP contribution is -2.49. The van der Waals surface area contributed by atoms with E-state index in [-0.39, 0.29) is 17.0 Å². The van der Waals surface area contributed by atoms with Gasteiger partial charge < -0.3 is 9.47 Å². The number of carbonyl (C=O) groups excluding carboxylic acids is 1. The van der Waals surface area contributed by atoms with Crippen LogP contribution in [0.25, 0.3) is 0 Å². The first-order valence-electron chi connectivity index (χ1n) is 9.32. The molecule has 4 heteroatoms. The predicted molar refractivity (Wildman–Crippen MR) is 91.9 cm³/mol. The van der Waals surface area contributed by atoms with Gasteiger partial charge in [-0.25, -0.2) is 0 Å². The van der Waals surface area contributed by atoms with E-state index in [9.17, 15) is 4.79 Å². The van der Waals surface area contributed by atoms with Crippen LogP contribution in [0.5, 0.6) is 0 Å². The maximum Gasteiger partial charge on any atom is 0.307 e. The van der Waals surface area contributed by atoms with Crippen LogP contribution in [0.2, 0.25) is 0 Å². The predicted octanol–water partition coefficient (Wildman–Crippen LogP) is 2.91. The fraction of sp³-hybridized carbons (Fsp3) is 0.650. The molecule has 130 valence electrons. The molecule has 0 amide bonds. The number of morpholine rings is 1. The molecule has 0 aromatic heterocycles. The first-order chi connectivity index (χ1) is 11.7. The standard InChI is InChI=1S/C20H27NO3/c22-18-16-19(17-6-2-1-3-7-17,20(24-18)8-4-5-9-20)10-11-21-12-14-23-15-13-21/h1-3,6-7H,4-5,8-16H2. The van der Waals surface area contributed by atoms with Crippen LogP contribution in [0.1, 0.15) is 44.1 Å². The summed E-state index contributed by atoms with van der Waals surface area (Å²) < 4.78 is 11.5. The molecule has 1 spiro atoms. The molecule has 0 N–H and O–H groups in total. The topological polar surface area (TPSA) is 38.8 Å². The highest BCUT2D eigenvalue weighted by Crippen LogP contribution is 2.56.